The molecule has 1 fully saturated rings. The Morgan fingerprint density at radius 3 is 2.13 bits per heavy atom. The molecule has 0 bridgehead atoms. The summed E-state index contributed by atoms with van der Waals surface area (Å²) in [4.78, 5) is 14.7. The molecule has 3 heterocycles. The Labute approximate surface area is 354 Å². The molecule has 2 aromatic heterocycles. The molecule has 5 N–H and O–H groups in total. The largest absolute Gasteiger partial charge is 0.489 e. The molecular weight excluding hydrogens is 791 g/mol. The lowest BCUT2D eigenvalue weighted by Crippen LogP contribution is -2.45. The number of hydrogen-bond acceptors (Lipinski definition) is 14. The molecule has 0 radical (unpaired) electrons. The van der Waals surface area contributed by atoms with Crippen molar-refractivity contribution in [2.75, 3.05) is 32.2 Å². The third kappa shape index (κ3) is 15.0. The monoisotopic (exact) mass is 856 g/mol. The molecule has 60 heavy (non-hydrogen) atoms. The summed E-state index contributed by atoms with van der Waals surface area (Å²) in [6.45, 7) is 4.95. The van der Waals surface area contributed by atoms with Gasteiger partial charge in [-0.15, -0.1) is 0 Å². The summed E-state index contributed by atoms with van der Waals surface area (Å²) >= 11 is 0. The van der Waals surface area contributed by atoms with E-state index in [4.69, 9.17) is 33.7 Å². The Morgan fingerprint density at radius 1 is 0.900 bits per heavy atom. The van der Waals surface area contributed by atoms with E-state index in [-0.39, 0.29) is 24.2 Å². The molecule has 4 rings (SSSR count). The van der Waals surface area contributed by atoms with Crippen molar-refractivity contribution < 1.29 is 47.7 Å². The fraction of sp³-hybridized carbons (Fsp3) is 0.674. The van der Waals surface area contributed by atoms with Crippen molar-refractivity contribution >= 4 is 19.2 Å². The van der Waals surface area contributed by atoms with Crippen LogP contribution in [0.2, 0.25) is 0 Å². The number of anilines is 1. The molecule has 0 amide bonds. The Balaban J connectivity index is 1.25. The van der Waals surface area contributed by atoms with Crippen LogP contribution in [0, 0.1) is 22.7 Å². The van der Waals surface area contributed by atoms with E-state index in [1.165, 1.54) is 94.3 Å². The zero-order chi connectivity index (χ0) is 43.4. The van der Waals surface area contributed by atoms with Crippen LogP contribution in [0.4, 0.5) is 5.82 Å². The predicted molar refractivity (Wildman–Crippen MR) is 225 cm³/mol. The zero-order valence-corrected chi connectivity index (χ0v) is 36.3. The SMILES string of the molecule is CCCCCCCCCCCCCCCCCCOC[C@H](COP(=O)(O)OC[C@@]1(C#N)O[C@@H](c2ccc3c(N)ncnn23)[C@H](O)[C@@H]1O)Oc1ccc(C#N)c(OC(C)C)c1. The predicted octanol–water partition coefficient (Wildman–Crippen LogP) is 7.89. The molecule has 1 saturated heterocycles. The van der Waals surface area contributed by atoms with Crippen LogP contribution >= 0.6 is 7.82 Å². The van der Waals surface area contributed by atoms with Crippen LogP contribution in [0.3, 0.4) is 0 Å². The van der Waals surface area contributed by atoms with Crippen LogP contribution in [0.1, 0.15) is 141 Å². The molecular formula is C43H65N6O10P. The van der Waals surface area contributed by atoms with Crippen LogP contribution in [0.5, 0.6) is 11.5 Å². The van der Waals surface area contributed by atoms with E-state index in [0.29, 0.717) is 29.2 Å². The minimum absolute atomic E-state index is 0.00369. The number of nitrogens with zero attached hydrogens (tertiary/aromatic N) is 5. The summed E-state index contributed by atoms with van der Waals surface area (Å²) in [5, 5.41) is 45.7. The van der Waals surface area contributed by atoms with E-state index in [1.807, 2.05) is 13.8 Å². The van der Waals surface area contributed by atoms with E-state index in [1.54, 1.807) is 36.4 Å². The number of rotatable bonds is 30. The number of nitrogen functional groups attached to an aromatic ring is 1. The smallest absolute Gasteiger partial charge is 0.472 e. The number of aliphatic hydroxyl groups is 2. The fourth-order valence-electron chi connectivity index (χ4n) is 7.16. The molecule has 0 saturated carbocycles. The zero-order valence-electron chi connectivity index (χ0n) is 35.5. The molecule has 1 unspecified atom stereocenters. The van der Waals surface area contributed by atoms with Crippen LogP contribution < -0.4 is 15.2 Å². The number of fused-ring (bicyclic) bond motifs is 1. The van der Waals surface area contributed by atoms with Gasteiger partial charge in [0, 0.05) is 12.7 Å². The lowest BCUT2D eigenvalue weighted by molar-refractivity contribution is -0.0755. The van der Waals surface area contributed by atoms with Crippen LogP contribution in [0.15, 0.2) is 36.7 Å². The molecule has 0 spiro atoms. The Hall–Kier alpha value is -3.83. The number of benzene rings is 1. The molecule has 16 nitrogen and oxygen atoms in total. The number of phosphoric ester groups is 1. The number of ether oxygens (including phenoxy) is 4. The third-order valence-electron chi connectivity index (χ3n) is 10.5. The summed E-state index contributed by atoms with van der Waals surface area (Å²) in [7, 11) is -4.92. The molecule has 3 aromatic rings. The van der Waals surface area contributed by atoms with Gasteiger partial charge in [-0.3, -0.25) is 9.05 Å². The molecule has 1 aromatic carbocycles. The lowest BCUT2D eigenvalue weighted by Gasteiger charge is -2.26. The van der Waals surface area contributed by atoms with Crippen molar-refractivity contribution in [2.24, 2.45) is 0 Å². The number of nitrogens with two attached hydrogens (primary N) is 1. The van der Waals surface area contributed by atoms with Gasteiger partial charge in [-0.05, 0) is 44.5 Å². The van der Waals surface area contributed by atoms with Crippen LogP contribution in [-0.4, -0.2) is 86.1 Å². The molecule has 332 valence electrons. The van der Waals surface area contributed by atoms with Crippen molar-refractivity contribution in [3.63, 3.8) is 0 Å². The second kappa shape index (κ2) is 25.2. The van der Waals surface area contributed by atoms with Gasteiger partial charge in [0.2, 0.25) is 5.60 Å². The Morgan fingerprint density at radius 2 is 1.53 bits per heavy atom. The van der Waals surface area contributed by atoms with Gasteiger partial charge in [0.25, 0.3) is 0 Å². The summed E-state index contributed by atoms with van der Waals surface area (Å²) in [5.74, 6) is 0.791. The van der Waals surface area contributed by atoms with Gasteiger partial charge >= 0.3 is 7.82 Å². The number of phosphoric acid groups is 1. The lowest BCUT2D eigenvalue weighted by atomic mass is 9.96. The van der Waals surface area contributed by atoms with Gasteiger partial charge < -0.3 is 39.8 Å². The van der Waals surface area contributed by atoms with E-state index in [0.717, 1.165) is 19.3 Å². The minimum atomic E-state index is -4.92. The molecule has 1 aliphatic heterocycles. The first-order valence-electron chi connectivity index (χ1n) is 21.5. The normalized spacial score (nSPS) is 20.5. The molecule has 17 heteroatoms. The third-order valence-corrected chi connectivity index (χ3v) is 11.4. The summed E-state index contributed by atoms with van der Waals surface area (Å²) in [6.07, 6.45) is 15.5. The number of aliphatic hydroxyl groups excluding tert-OH is 2. The van der Waals surface area contributed by atoms with Crippen molar-refractivity contribution in [3.05, 3.63) is 47.9 Å². The van der Waals surface area contributed by atoms with E-state index in [2.05, 4.69) is 23.1 Å². The van der Waals surface area contributed by atoms with Crippen molar-refractivity contribution in [1.29, 1.82) is 10.5 Å². The second-order valence-corrected chi connectivity index (χ2v) is 17.2. The highest BCUT2D eigenvalue weighted by Gasteiger charge is 2.57. The van der Waals surface area contributed by atoms with Crippen LogP contribution in [0.25, 0.3) is 5.52 Å². The van der Waals surface area contributed by atoms with Gasteiger partial charge in [-0.1, -0.05) is 103 Å². The van der Waals surface area contributed by atoms with Gasteiger partial charge in [-0.25, -0.2) is 14.1 Å². The van der Waals surface area contributed by atoms with E-state index >= 15 is 0 Å². The maximum atomic E-state index is 13.2. The van der Waals surface area contributed by atoms with Crippen molar-refractivity contribution in [1.82, 2.24) is 14.6 Å². The highest BCUT2D eigenvalue weighted by Crippen LogP contribution is 2.48. The summed E-state index contributed by atoms with van der Waals surface area (Å²) in [6, 6.07) is 11.7. The first-order valence-corrected chi connectivity index (χ1v) is 23.0. The second-order valence-electron chi connectivity index (χ2n) is 15.8. The first-order chi connectivity index (χ1) is 28.9. The average molecular weight is 857 g/mol. The number of hydrogen-bond donors (Lipinski definition) is 4. The average Bonchev–Trinajstić information content (AvgIpc) is 3.77. The van der Waals surface area contributed by atoms with Gasteiger partial charge in [0.15, 0.2) is 5.82 Å². The number of unbranched alkanes of at least 4 members (excludes halogenated alkanes) is 15. The fourth-order valence-corrected chi connectivity index (χ4v) is 7.95. The molecule has 6 atom stereocenters. The van der Waals surface area contributed by atoms with Gasteiger partial charge in [0.05, 0.1) is 30.6 Å². The maximum Gasteiger partial charge on any atom is 0.472 e. The summed E-state index contributed by atoms with van der Waals surface area (Å²) in [5.41, 5.74) is 4.65. The first kappa shape index (κ1) is 48.8. The molecule has 1 aliphatic rings. The van der Waals surface area contributed by atoms with Crippen molar-refractivity contribution in [2.45, 2.75) is 160 Å². The maximum absolute atomic E-state index is 13.2. The van der Waals surface area contributed by atoms with E-state index in [9.17, 15) is 30.2 Å². The van der Waals surface area contributed by atoms with Crippen molar-refractivity contribution in [3.8, 4) is 23.6 Å². The summed E-state index contributed by atoms with van der Waals surface area (Å²) < 4.78 is 48.8. The highest BCUT2D eigenvalue weighted by atomic mass is 31.2. The van der Waals surface area contributed by atoms with Crippen LogP contribution in [-0.2, 0) is 23.1 Å². The topological polar surface area (TPSA) is 237 Å². The standard InChI is InChI=1S/C43H65N6O10P/c1-4-5-6-7-8-9-10-11-12-13-14-15-16-17-18-19-24-54-27-35(58-34-21-20-33(26-44)38(25-34)57-32(2)3)28-55-60(52,53)56-30-43(29-45)41(51)39(50)40(59-43)36-22-23-37-42(46)47-31-48-49(36)37/h20-23,25,31-32,35,39-41,50-51H,4-19,24,27-28,30H2,1-3H3,(H,52,53)(H2,46,47,48)/t35-,39+,40+,41+,43-/m1/s1. The van der Waals surface area contributed by atoms with E-state index < -0.39 is 51.1 Å². The number of aromatic nitrogens is 3. The number of nitriles is 2. The minimum Gasteiger partial charge on any atom is -0.489 e. The Bertz CT molecular complexity index is 1870. The Kier molecular flexibility index (Phi) is 20.5. The quantitative estimate of drug-likeness (QED) is 0.0368. The highest BCUT2D eigenvalue weighted by molar-refractivity contribution is 7.47. The van der Waals surface area contributed by atoms with Gasteiger partial charge in [-0.2, -0.15) is 15.6 Å². The van der Waals surface area contributed by atoms with Gasteiger partial charge in [0.1, 0.15) is 66.5 Å². The molecule has 0 aliphatic carbocycles.